The molecule has 1 aromatic heterocycles. The molecule has 3 heterocycles. The van der Waals surface area contributed by atoms with E-state index < -0.39 is 16.2 Å². The quantitative estimate of drug-likeness (QED) is 0.795. The average Bonchev–Trinajstić information content (AvgIpc) is 3.07. The van der Waals surface area contributed by atoms with Crippen molar-refractivity contribution in [2.24, 2.45) is 5.92 Å². The van der Waals surface area contributed by atoms with Crippen LogP contribution in [0.5, 0.6) is 0 Å². The summed E-state index contributed by atoms with van der Waals surface area (Å²) in [5.74, 6) is -0.0459. The van der Waals surface area contributed by atoms with E-state index in [1.54, 1.807) is 18.2 Å². The molecule has 0 radical (unpaired) electrons. The lowest BCUT2D eigenvalue weighted by Gasteiger charge is -2.39. The number of aryl methyl sites for hydroxylation is 2. The Bertz CT molecular complexity index is 1020. The van der Waals surface area contributed by atoms with Gasteiger partial charge >= 0.3 is 0 Å². The first kappa shape index (κ1) is 19.9. The molecule has 0 bridgehead atoms. The Morgan fingerprint density at radius 2 is 2.10 bits per heavy atom. The van der Waals surface area contributed by atoms with Crippen LogP contribution in [0.3, 0.4) is 0 Å². The van der Waals surface area contributed by atoms with Crippen molar-refractivity contribution >= 4 is 21.6 Å². The number of anilines is 1. The molecular weight excluding hydrogens is 390 g/mol. The first-order valence-corrected chi connectivity index (χ1v) is 11.6. The molecule has 2 aliphatic heterocycles. The molecule has 4 rings (SSSR count). The number of rotatable bonds is 4. The number of sulfonamides is 1. The van der Waals surface area contributed by atoms with Crippen molar-refractivity contribution in [1.29, 1.82) is 0 Å². The van der Waals surface area contributed by atoms with E-state index in [4.69, 9.17) is 0 Å². The van der Waals surface area contributed by atoms with E-state index in [0.717, 1.165) is 31.5 Å². The molecule has 156 valence electrons. The molecule has 2 N–H and O–H groups in total. The van der Waals surface area contributed by atoms with E-state index >= 15 is 0 Å². The van der Waals surface area contributed by atoms with Crippen LogP contribution >= 0.6 is 0 Å². The highest BCUT2D eigenvalue weighted by Crippen LogP contribution is 2.30. The Labute approximate surface area is 171 Å². The van der Waals surface area contributed by atoms with Gasteiger partial charge in [0.2, 0.25) is 10.0 Å². The molecule has 8 nitrogen and oxygen atoms in total. The summed E-state index contributed by atoms with van der Waals surface area (Å²) in [4.78, 5) is 15.2. The fourth-order valence-corrected chi connectivity index (χ4v) is 5.56. The van der Waals surface area contributed by atoms with Crippen LogP contribution in [0, 0.1) is 12.8 Å². The number of carbonyl (C=O) groups is 1. The molecule has 9 heteroatoms. The second-order valence-electron chi connectivity index (χ2n) is 7.78. The third-order valence-corrected chi connectivity index (χ3v) is 7.11. The summed E-state index contributed by atoms with van der Waals surface area (Å²) in [5.41, 5.74) is 1.97. The van der Waals surface area contributed by atoms with Crippen LogP contribution in [0.4, 0.5) is 5.69 Å². The van der Waals surface area contributed by atoms with Crippen LogP contribution in [0.1, 0.15) is 42.2 Å². The molecule has 0 unspecified atom stereocenters. The van der Waals surface area contributed by atoms with Crippen molar-refractivity contribution < 1.29 is 13.2 Å². The fraction of sp³-hybridized carbons (Fsp3) is 0.500. The minimum absolute atomic E-state index is 0.0122. The SMILES string of the molecule is CCCn1cc(C(=O)N2CCC[C@@H]([C@@H]3Nc4ccccc4S(=O)(=O)N3)C2)c(C)n1. The van der Waals surface area contributed by atoms with Gasteiger partial charge in [0.1, 0.15) is 4.90 Å². The van der Waals surface area contributed by atoms with E-state index in [-0.39, 0.29) is 16.7 Å². The number of nitrogens with zero attached hydrogens (tertiary/aromatic N) is 3. The number of benzene rings is 1. The maximum atomic E-state index is 13.1. The summed E-state index contributed by atoms with van der Waals surface area (Å²) in [6, 6.07) is 6.89. The standard InChI is InChI=1S/C20H27N5O3S/c1-3-10-25-13-16(14(2)22-25)20(26)24-11-6-7-15(12-24)19-21-17-8-4-5-9-18(17)29(27,28)23-19/h4-5,8-9,13,15,19,21,23H,3,6-7,10-12H2,1-2H3/t15-,19-/m1/s1. The van der Waals surface area contributed by atoms with Crippen molar-refractivity contribution in [3.63, 3.8) is 0 Å². The van der Waals surface area contributed by atoms with Gasteiger partial charge in [0.15, 0.2) is 0 Å². The first-order chi connectivity index (χ1) is 13.9. The van der Waals surface area contributed by atoms with Gasteiger partial charge in [-0.05, 0) is 38.3 Å². The highest BCUT2D eigenvalue weighted by atomic mass is 32.2. The second-order valence-corrected chi connectivity index (χ2v) is 9.47. The van der Waals surface area contributed by atoms with Crippen LogP contribution in [0.25, 0.3) is 0 Å². The van der Waals surface area contributed by atoms with Crippen LogP contribution in [-0.4, -0.2) is 48.3 Å². The van der Waals surface area contributed by atoms with Crippen molar-refractivity contribution in [1.82, 2.24) is 19.4 Å². The van der Waals surface area contributed by atoms with Gasteiger partial charge in [-0.15, -0.1) is 0 Å². The average molecular weight is 418 g/mol. The number of aromatic nitrogens is 2. The number of nitrogens with one attached hydrogen (secondary N) is 2. The molecule has 29 heavy (non-hydrogen) atoms. The number of hydrogen-bond acceptors (Lipinski definition) is 5. The molecule has 2 aromatic rings. The van der Waals surface area contributed by atoms with Crippen LogP contribution < -0.4 is 10.0 Å². The van der Waals surface area contributed by atoms with Crippen molar-refractivity contribution in [2.75, 3.05) is 18.4 Å². The van der Waals surface area contributed by atoms with Gasteiger partial charge in [0.25, 0.3) is 5.91 Å². The van der Waals surface area contributed by atoms with Gasteiger partial charge in [0, 0.05) is 31.7 Å². The van der Waals surface area contributed by atoms with Crippen molar-refractivity contribution in [3.05, 3.63) is 41.7 Å². The molecule has 0 aliphatic carbocycles. The highest BCUT2D eigenvalue weighted by molar-refractivity contribution is 7.89. The third kappa shape index (κ3) is 3.89. The summed E-state index contributed by atoms with van der Waals surface area (Å²) in [5, 5.41) is 7.74. The maximum Gasteiger partial charge on any atom is 0.257 e. The molecule has 1 aromatic carbocycles. The molecule has 1 fully saturated rings. The predicted octanol–water partition coefficient (Wildman–Crippen LogP) is 2.18. The number of para-hydroxylation sites is 1. The van der Waals surface area contributed by atoms with E-state index in [9.17, 15) is 13.2 Å². The Hall–Kier alpha value is -2.39. The van der Waals surface area contributed by atoms with Gasteiger partial charge in [-0.1, -0.05) is 19.1 Å². The maximum absolute atomic E-state index is 13.1. The zero-order valence-corrected chi connectivity index (χ0v) is 17.6. The minimum Gasteiger partial charge on any atom is -0.368 e. The minimum atomic E-state index is -3.57. The van der Waals surface area contributed by atoms with Gasteiger partial charge in [-0.25, -0.2) is 8.42 Å². The summed E-state index contributed by atoms with van der Waals surface area (Å²) < 4.78 is 29.8. The zero-order valence-electron chi connectivity index (χ0n) is 16.8. The van der Waals surface area contributed by atoms with Crippen molar-refractivity contribution in [2.45, 2.75) is 50.7 Å². The zero-order chi connectivity index (χ0) is 20.6. The Kier molecular flexibility index (Phi) is 5.35. The molecule has 0 spiro atoms. The van der Waals surface area contributed by atoms with Crippen molar-refractivity contribution in [3.8, 4) is 0 Å². The van der Waals surface area contributed by atoms with Gasteiger partial charge in [-0.3, -0.25) is 9.48 Å². The second kappa shape index (κ2) is 7.79. The topological polar surface area (TPSA) is 96.3 Å². The van der Waals surface area contributed by atoms with E-state index in [1.165, 1.54) is 0 Å². The number of fused-ring (bicyclic) bond motifs is 1. The Morgan fingerprint density at radius 3 is 2.90 bits per heavy atom. The summed E-state index contributed by atoms with van der Waals surface area (Å²) in [6.45, 7) is 5.88. The molecule has 2 aliphatic rings. The van der Waals surface area contributed by atoms with Gasteiger partial charge in [-0.2, -0.15) is 9.82 Å². The summed E-state index contributed by atoms with van der Waals surface area (Å²) >= 11 is 0. The highest BCUT2D eigenvalue weighted by Gasteiger charge is 2.37. The molecular formula is C20H27N5O3S. The van der Waals surface area contributed by atoms with E-state index in [1.807, 2.05) is 28.8 Å². The molecule has 1 saturated heterocycles. The van der Waals surface area contributed by atoms with Crippen LogP contribution in [0.2, 0.25) is 0 Å². The number of amides is 1. The number of likely N-dealkylation sites (tertiary alicyclic amines) is 1. The smallest absolute Gasteiger partial charge is 0.257 e. The molecule has 1 amide bonds. The van der Waals surface area contributed by atoms with E-state index in [0.29, 0.717) is 24.3 Å². The van der Waals surface area contributed by atoms with Crippen LogP contribution in [-0.2, 0) is 16.6 Å². The Balaban J connectivity index is 1.51. The lowest BCUT2D eigenvalue weighted by molar-refractivity contribution is 0.0658. The Morgan fingerprint density at radius 1 is 1.31 bits per heavy atom. The van der Waals surface area contributed by atoms with Crippen LogP contribution in [0.15, 0.2) is 35.4 Å². The third-order valence-electron chi connectivity index (χ3n) is 5.62. The normalized spacial score (nSPS) is 23.3. The number of piperidine rings is 1. The molecule has 0 saturated carbocycles. The first-order valence-electron chi connectivity index (χ1n) is 10.1. The number of carbonyl (C=O) groups excluding carboxylic acids is 1. The summed E-state index contributed by atoms with van der Waals surface area (Å²) in [7, 11) is -3.57. The molecule has 2 atom stereocenters. The fourth-order valence-electron chi connectivity index (χ4n) is 4.17. The lowest BCUT2D eigenvalue weighted by Crippen LogP contribution is -2.54. The largest absolute Gasteiger partial charge is 0.368 e. The number of hydrogen-bond donors (Lipinski definition) is 2. The van der Waals surface area contributed by atoms with Gasteiger partial charge < -0.3 is 10.2 Å². The van der Waals surface area contributed by atoms with Gasteiger partial charge in [0.05, 0.1) is 23.1 Å². The summed E-state index contributed by atoms with van der Waals surface area (Å²) in [6.07, 6.45) is 4.02. The predicted molar refractivity (Wildman–Crippen MR) is 110 cm³/mol. The lowest BCUT2D eigenvalue weighted by atomic mass is 9.94. The monoisotopic (exact) mass is 417 g/mol. The van der Waals surface area contributed by atoms with E-state index in [2.05, 4.69) is 22.1 Å².